The molecule has 2 amide bonds. The molecule has 0 saturated carbocycles. The fourth-order valence-corrected chi connectivity index (χ4v) is 5.03. The van der Waals surface area contributed by atoms with Gasteiger partial charge >= 0.3 is 0 Å². The average molecular weight is 484 g/mol. The molecule has 1 saturated heterocycles. The van der Waals surface area contributed by atoms with Gasteiger partial charge in [0.15, 0.2) is 5.76 Å². The molecular weight excluding hydrogens is 458 g/mol. The lowest BCUT2D eigenvalue weighted by Gasteiger charge is -2.26. The topological polar surface area (TPSA) is 118 Å². The van der Waals surface area contributed by atoms with Gasteiger partial charge in [-0.15, -0.1) is 0 Å². The van der Waals surface area contributed by atoms with Crippen molar-refractivity contribution in [3.63, 3.8) is 0 Å². The molecule has 2 heterocycles. The van der Waals surface area contributed by atoms with Crippen LogP contribution in [0.15, 0.2) is 63.9 Å². The molecule has 1 aromatic heterocycles. The summed E-state index contributed by atoms with van der Waals surface area (Å²) >= 11 is 0. The van der Waals surface area contributed by atoms with E-state index in [1.165, 1.54) is 24.3 Å². The number of rotatable bonds is 7. The largest absolute Gasteiger partial charge is 0.485 e. The van der Waals surface area contributed by atoms with Crippen LogP contribution in [0.1, 0.15) is 27.4 Å². The quantitative estimate of drug-likeness (QED) is 0.534. The standard InChI is InChI=1S/C24H25N3O6S/c1-16-6-8-21(17(2)12-16)32-15-19-7-9-22(33-19)24(29)26-18-4-3-5-20(13-18)34(30,31)27-11-10-25-23(28)14-27/h3-9,12-13H,10-11,14-15H2,1-2H3,(H,25,28)(H,26,29). The van der Waals surface area contributed by atoms with E-state index in [9.17, 15) is 18.0 Å². The summed E-state index contributed by atoms with van der Waals surface area (Å²) in [4.78, 5) is 24.2. The number of anilines is 1. The number of ether oxygens (including phenoxy) is 1. The predicted molar refractivity (Wildman–Crippen MR) is 125 cm³/mol. The SMILES string of the molecule is Cc1ccc(OCc2ccc(C(=O)Nc3cccc(S(=O)(=O)N4CCNC(=O)C4)c3)o2)c(C)c1. The second kappa shape index (κ2) is 9.70. The van der Waals surface area contributed by atoms with Gasteiger partial charge in [-0.1, -0.05) is 23.8 Å². The fourth-order valence-electron chi connectivity index (χ4n) is 3.58. The zero-order valence-electron chi connectivity index (χ0n) is 18.8. The van der Waals surface area contributed by atoms with E-state index in [0.29, 0.717) is 5.76 Å². The van der Waals surface area contributed by atoms with Crippen LogP contribution in [0.25, 0.3) is 0 Å². The van der Waals surface area contributed by atoms with Crippen LogP contribution < -0.4 is 15.4 Å². The van der Waals surface area contributed by atoms with Crippen molar-refractivity contribution in [3.05, 3.63) is 77.2 Å². The first-order valence-corrected chi connectivity index (χ1v) is 12.1. The van der Waals surface area contributed by atoms with Crippen LogP contribution in [0, 0.1) is 13.8 Å². The number of hydrogen-bond acceptors (Lipinski definition) is 6. The minimum atomic E-state index is -3.87. The summed E-state index contributed by atoms with van der Waals surface area (Å²) in [6.45, 7) is 4.32. The van der Waals surface area contributed by atoms with E-state index < -0.39 is 15.9 Å². The van der Waals surface area contributed by atoms with Crippen molar-refractivity contribution in [1.82, 2.24) is 9.62 Å². The van der Waals surface area contributed by atoms with Gasteiger partial charge in [0.2, 0.25) is 15.9 Å². The number of nitrogens with one attached hydrogen (secondary N) is 2. The van der Waals surface area contributed by atoms with Crippen molar-refractivity contribution in [1.29, 1.82) is 0 Å². The second-order valence-electron chi connectivity index (χ2n) is 7.99. The van der Waals surface area contributed by atoms with E-state index >= 15 is 0 Å². The van der Waals surface area contributed by atoms with Gasteiger partial charge in [-0.3, -0.25) is 9.59 Å². The molecule has 0 bridgehead atoms. The third-order valence-corrected chi connectivity index (χ3v) is 7.16. The number of aryl methyl sites for hydroxylation is 2. The molecular formula is C24H25N3O6S. The van der Waals surface area contributed by atoms with Crippen molar-refractivity contribution >= 4 is 27.5 Å². The Hall–Kier alpha value is -3.63. The molecule has 3 aromatic rings. The molecule has 2 N–H and O–H groups in total. The first-order chi connectivity index (χ1) is 16.2. The van der Waals surface area contributed by atoms with Crippen molar-refractivity contribution in [2.24, 2.45) is 0 Å². The van der Waals surface area contributed by atoms with Gasteiger partial charge in [-0.2, -0.15) is 4.31 Å². The number of sulfonamides is 1. The van der Waals surface area contributed by atoms with Crippen LogP contribution in [0.4, 0.5) is 5.69 Å². The fraction of sp³-hybridized carbons (Fsp3) is 0.250. The Kier molecular flexibility index (Phi) is 6.71. The predicted octanol–water partition coefficient (Wildman–Crippen LogP) is 2.85. The number of carbonyl (C=O) groups excluding carboxylic acids is 2. The number of amides is 2. The highest BCUT2D eigenvalue weighted by molar-refractivity contribution is 7.89. The molecule has 0 atom stereocenters. The maximum Gasteiger partial charge on any atom is 0.291 e. The molecule has 1 fully saturated rings. The molecule has 178 valence electrons. The van der Waals surface area contributed by atoms with Crippen LogP contribution in [0.3, 0.4) is 0 Å². The maximum absolute atomic E-state index is 12.9. The number of nitrogens with zero attached hydrogens (tertiary/aromatic N) is 1. The Morgan fingerprint density at radius 2 is 1.97 bits per heavy atom. The highest BCUT2D eigenvalue weighted by Gasteiger charge is 2.29. The Labute approximate surface area is 197 Å². The summed E-state index contributed by atoms with van der Waals surface area (Å²) in [6.07, 6.45) is 0. The van der Waals surface area contributed by atoms with E-state index in [4.69, 9.17) is 9.15 Å². The van der Waals surface area contributed by atoms with Crippen molar-refractivity contribution in [2.45, 2.75) is 25.3 Å². The van der Waals surface area contributed by atoms with Crippen LogP contribution in [0.5, 0.6) is 5.75 Å². The minimum absolute atomic E-state index is 0.0120. The molecule has 0 aliphatic carbocycles. The van der Waals surface area contributed by atoms with E-state index in [1.54, 1.807) is 12.1 Å². The smallest absolute Gasteiger partial charge is 0.291 e. The first-order valence-electron chi connectivity index (χ1n) is 10.7. The number of hydrogen-bond donors (Lipinski definition) is 2. The molecule has 2 aromatic carbocycles. The molecule has 9 nitrogen and oxygen atoms in total. The van der Waals surface area contributed by atoms with Crippen molar-refractivity contribution < 1.29 is 27.2 Å². The lowest BCUT2D eigenvalue weighted by molar-refractivity contribution is -0.122. The van der Waals surface area contributed by atoms with Gasteiger partial charge in [0, 0.05) is 18.8 Å². The van der Waals surface area contributed by atoms with E-state index in [1.807, 2.05) is 32.0 Å². The average Bonchev–Trinajstić information content (AvgIpc) is 3.28. The highest BCUT2D eigenvalue weighted by Crippen LogP contribution is 2.22. The van der Waals surface area contributed by atoms with Crippen LogP contribution >= 0.6 is 0 Å². The van der Waals surface area contributed by atoms with Crippen LogP contribution in [0.2, 0.25) is 0 Å². The summed E-state index contributed by atoms with van der Waals surface area (Å²) in [5, 5.41) is 5.24. The van der Waals surface area contributed by atoms with E-state index in [2.05, 4.69) is 10.6 Å². The molecule has 34 heavy (non-hydrogen) atoms. The second-order valence-corrected chi connectivity index (χ2v) is 9.93. The maximum atomic E-state index is 12.9. The lowest BCUT2D eigenvalue weighted by atomic mass is 10.1. The minimum Gasteiger partial charge on any atom is -0.485 e. The summed E-state index contributed by atoms with van der Waals surface area (Å²) in [5.41, 5.74) is 2.43. The van der Waals surface area contributed by atoms with Gasteiger partial charge in [-0.25, -0.2) is 8.42 Å². The van der Waals surface area contributed by atoms with E-state index in [-0.39, 0.29) is 48.5 Å². The Morgan fingerprint density at radius 3 is 2.74 bits per heavy atom. The van der Waals surface area contributed by atoms with Gasteiger partial charge in [-0.05, 0) is 55.8 Å². The third-order valence-electron chi connectivity index (χ3n) is 5.32. The number of benzene rings is 2. The molecule has 1 aliphatic rings. The molecule has 0 unspecified atom stereocenters. The number of furan rings is 1. The summed E-state index contributed by atoms with van der Waals surface area (Å²) < 4.78 is 38.2. The summed E-state index contributed by atoms with van der Waals surface area (Å²) in [5.74, 6) is 0.404. The van der Waals surface area contributed by atoms with Gasteiger partial charge in [0.25, 0.3) is 5.91 Å². The normalized spacial score (nSPS) is 14.5. The monoisotopic (exact) mass is 483 g/mol. The number of carbonyl (C=O) groups is 2. The van der Waals surface area contributed by atoms with Gasteiger partial charge in [0.05, 0.1) is 11.4 Å². The molecule has 0 radical (unpaired) electrons. The summed E-state index contributed by atoms with van der Waals surface area (Å²) in [6, 6.07) is 14.9. The zero-order valence-corrected chi connectivity index (χ0v) is 19.6. The third kappa shape index (κ3) is 5.29. The van der Waals surface area contributed by atoms with Crippen molar-refractivity contribution in [3.8, 4) is 5.75 Å². The van der Waals surface area contributed by atoms with Gasteiger partial charge < -0.3 is 19.8 Å². The molecule has 1 aliphatic heterocycles. The first kappa shape index (κ1) is 23.5. The zero-order chi connectivity index (χ0) is 24.3. The van der Waals surface area contributed by atoms with Crippen molar-refractivity contribution in [2.75, 3.05) is 25.0 Å². The number of piperazine rings is 1. The molecule has 4 rings (SSSR count). The van der Waals surface area contributed by atoms with E-state index in [0.717, 1.165) is 21.2 Å². The molecule has 10 heteroatoms. The van der Waals surface area contributed by atoms with Crippen LogP contribution in [-0.4, -0.2) is 44.2 Å². The summed E-state index contributed by atoms with van der Waals surface area (Å²) in [7, 11) is -3.87. The Morgan fingerprint density at radius 1 is 1.15 bits per heavy atom. The molecule has 0 spiro atoms. The van der Waals surface area contributed by atoms with Crippen LogP contribution in [-0.2, 0) is 21.4 Å². The highest BCUT2D eigenvalue weighted by atomic mass is 32.2. The van der Waals surface area contributed by atoms with Gasteiger partial charge in [0.1, 0.15) is 18.1 Å². The Bertz CT molecular complexity index is 1330. The lowest BCUT2D eigenvalue weighted by Crippen LogP contribution is -2.49. The Balaban J connectivity index is 1.41.